The molecule has 1 aliphatic rings. The lowest BCUT2D eigenvalue weighted by atomic mass is 10.1. The van der Waals surface area contributed by atoms with E-state index in [1.807, 2.05) is 0 Å². The number of rotatable bonds is 7. The zero-order valence-corrected chi connectivity index (χ0v) is 17.5. The van der Waals surface area contributed by atoms with E-state index in [2.05, 4.69) is 25.3 Å². The number of halogens is 6. The van der Waals surface area contributed by atoms with E-state index in [1.165, 1.54) is 42.5 Å². The topological polar surface area (TPSA) is 59.1 Å². The fourth-order valence-electron chi connectivity index (χ4n) is 2.91. The van der Waals surface area contributed by atoms with Crippen molar-refractivity contribution in [1.29, 1.82) is 0 Å². The Balaban J connectivity index is 1.64. The first-order chi connectivity index (χ1) is 15.5. The average molecular weight is 486 g/mol. The number of nitrogens with zero attached hydrogens (tertiary/aromatic N) is 2. The van der Waals surface area contributed by atoms with Crippen LogP contribution in [-0.4, -0.2) is 27.9 Å². The number of aromatic nitrogens is 2. The molecule has 174 valence electrons. The van der Waals surface area contributed by atoms with Crippen molar-refractivity contribution >= 4 is 29.2 Å². The van der Waals surface area contributed by atoms with Crippen LogP contribution in [0.4, 0.5) is 43.8 Å². The third-order valence-corrected chi connectivity index (χ3v) is 5.06. The van der Waals surface area contributed by atoms with Crippen molar-refractivity contribution in [3.05, 3.63) is 54.6 Å². The summed E-state index contributed by atoms with van der Waals surface area (Å²) in [5.74, 6) is 0.113. The Labute approximate surface area is 188 Å². The summed E-state index contributed by atoms with van der Waals surface area (Å²) in [7, 11) is 0. The van der Waals surface area contributed by atoms with E-state index in [1.54, 1.807) is 12.1 Å². The molecule has 3 aromatic rings. The second-order valence-electron chi connectivity index (χ2n) is 7.16. The predicted octanol–water partition coefficient (Wildman–Crippen LogP) is 6.97. The van der Waals surface area contributed by atoms with Gasteiger partial charge in [0.15, 0.2) is 0 Å². The lowest BCUT2D eigenvalue weighted by Gasteiger charge is -2.13. The van der Waals surface area contributed by atoms with Crippen molar-refractivity contribution in [2.75, 3.05) is 10.6 Å². The first kappa shape index (κ1) is 23.0. The van der Waals surface area contributed by atoms with Crippen LogP contribution in [0.3, 0.4) is 0 Å². The minimum atomic E-state index is -4.84. The van der Waals surface area contributed by atoms with E-state index < -0.39 is 17.6 Å². The standard InChI is InChI=1S/C21H16F6N4OS/c22-20(23,24)32-15-5-1-3-12(9-15)17-11-18(31-19(30-17)29-13-7-8-13)28-14-4-2-6-16(10-14)33-21(25,26)27/h1-6,9-11,13H,7-8H2,(H2,28,29,30,31). The van der Waals surface area contributed by atoms with Crippen molar-refractivity contribution in [1.82, 2.24) is 9.97 Å². The highest BCUT2D eigenvalue weighted by atomic mass is 32.2. The molecule has 0 spiro atoms. The first-order valence-electron chi connectivity index (χ1n) is 9.67. The molecule has 0 saturated heterocycles. The van der Waals surface area contributed by atoms with Gasteiger partial charge in [-0.05, 0) is 54.9 Å². The Morgan fingerprint density at radius 1 is 0.909 bits per heavy atom. The highest BCUT2D eigenvalue weighted by Gasteiger charge is 2.31. The van der Waals surface area contributed by atoms with Gasteiger partial charge in [-0.15, -0.1) is 13.2 Å². The van der Waals surface area contributed by atoms with Crippen molar-refractivity contribution in [2.45, 2.75) is 35.6 Å². The number of hydrogen-bond donors (Lipinski definition) is 2. The van der Waals surface area contributed by atoms with Crippen molar-refractivity contribution in [3.8, 4) is 17.0 Å². The molecule has 0 unspecified atom stereocenters. The van der Waals surface area contributed by atoms with Gasteiger partial charge >= 0.3 is 11.9 Å². The molecule has 0 bridgehead atoms. The Kier molecular flexibility index (Phi) is 6.28. The molecule has 1 fully saturated rings. The number of thioether (sulfide) groups is 1. The fraction of sp³-hybridized carbons (Fsp3) is 0.238. The van der Waals surface area contributed by atoms with Gasteiger partial charge in [0.05, 0.1) is 5.69 Å². The fourth-order valence-corrected chi connectivity index (χ4v) is 3.51. The van der Waals surface area contributed by atoms with Gasteiger partial charge in [0, 0.05) is 28.3 Å². The number of alkyl halides is 6. The number of ether oxygens (including phenoxy) is 1. The minimum absolute atomic E-state index is 0.00453. The molecule has 33 heavy (non-hydrogen) atoms. The Morgan fingerprint density at radius 2 is 1.67 bits per heavy atom. The van der Waals surface area contributed by atoms with E-state index in [0.717, 1.165) is 12.8 Å². The summed E-state index contributed by atoms with van der Waals surface area (Å²) in [5, 5.41) is 6.07. The van der Waals surface area contributed by atoms with Gasteiger partial charge in [-0.2, -0.15) is 18.2 Å². The third kappa shape index (κ3) is 7.17. The zero-order valence-electron chi connectivity index (χ0n) is 16.7. The Morgan fingerprint density at radius 3 is 2.36 bits per heavy atom. The Bertz CT molecular complexity index is 1130. The summed E-state index contributed by atoms with van der Waals surface area (Å²) in [4.78, 5) is 8.72. The Hall–Kier alpha value is -3.15. The number of anilines is 3. The van der Waals surface area contributed by atoms with Crippen LogP contribution in [0, 0.1) is 0 Å². The minimum Gasteiger partial charge on any atom is -0.406 e. The smallest absolute Gasteiger partial charge is 0.406 e. The molecule has 0 amide bonds. The molecule has 0 radical (unpaired) electrons. The lowest BCUT2D eigenvalue weighted by Crippen LogP contribution is -2.17. The van der Waals surface area contributed by atoms with Crippen LogP contribution < -0.4 is 15.4 Å². The molecule has 5 nitrogen and oxygen atoms in total. The largest absolute Gasteiger partial charge is 0.573 e. The number of benzene rings is 2. The maximum absolute atomic E-state index is 12.7. The first-order valence-corrected chi connectivity index (χ1v) is 10.5. The third-order valence-electron chi connectivity index (χ3n) is 4.34. The second-order valence-corrected chi connectivity index (χ2v) is 8.30. The predicted molar refractivity (Wildman–Crippen MR) is 112 cm³/mol. The molecule has 1 aromatic heterocycles. The summed E-state index contributed by atoms with van der Waals surface area (Å²) >= 11 is -0.240. The highest BCUT2D eigenvalue weighted by molar-refractivity contribution is 8.00. The van der Waals surface area contributed by atoms with Crippen LogP contribution in [0.5, 0.6) is 5.75 Å². The van der Waals surface area contributed by atoms with Crippen LogP contribution in [0.1, 0.15) is 12.8 Å². The van der Waals surface area contributed by atoms with Gasteiger partial charge in [-0.3, -0.25) is 0 Å². The van der Waals surface area contributed by atoms with E-state index in [0.29, 0.717) is 16.9 Å². The van der Waals surface area contributed by atoms with E-state index >= 15 is 0 Å². The van der Waals surface area contributed by atoms with Gasteiger partial charge in [-0.1, -0.05) is 18.2 Å². The van der Waals surface area contributed by atoms with Crippen LogP contribution in [-0.2, 0) is 0 Å². The summed E-state index contributed by atoms with van der Waals surface area (Å²) in [6.45, 7) is 0. The molecule has 2 N–H and O–H groups in total. The van der Waals surface area contributed by atoms with Crippen LogP contribution in [0.2, 0.25) is 0 Å². The molecule has 1 saturated carbocycles. The van der Waals surface area contributed by atoms with Crippen LogP contribution in [0.25, 0.3) is 11.3 Å². The van der Waals surface area contributed by atoms with E-state index in [-0.39, 0.29) is 34.5 Å². The summed E-state index contributed by atoms with van der Waals surface area (Å²) < 4.78 is 79.8. The zero-order chi connectivity index (χ0) is 23.6. The van der Waals surface area contributed by atoms with Crippen molar-refractivity contribution in [2.24, 2.45) is 0 Å². The molecule has 0 aliphatic heterocycles. The number of hydrogen-bond acceptors (Lipinski definition) is 6. The molecular formula is C21H16F6N4OS. The monoisotopic (exact) mass is 486 g/mol. The molecular weight excluding hydrogens is 470 g/mol. The maximum Gasteiger partial charge on any atom is 0.573 e. The summed E-state index contributed by atoms with van der Waals surface area (Å²) in [6.07, 6.45) is -2.97. The summed E-state index contributed by atoms with van der Waals surface area (Å²) in [5.41, 5.74) is -3.40. The van der Waals surface area contributed by atoms with Gasteiger partial charge in [0.25, 0.3) is 0 Å². The van der Waals surface area contributed by atoms with Crippen molar-refractivity contribution in [3.63, 3.8) is 0 Å². The highest BCUT2D eigenvalue weighted by Crippen LogP contribution is 2.38. The SMILES string of the molecule is FC(F)(F)Oc1cccc(-c2cc(Nc3cccc(SC(F)(F)F)c3)nc(NC3CC3)n2)c1. The summed E-state index contributed by atoms with van der Waals surface area (Å²) in [6, 6.07) is 12.7. The average Bonchev–Trinajstić information content (AvgIpc) is 3.49. The lowest BCUT2D eigenvalue weighted by molar-refractivity contribution is -0.274. The van der Waals surface area contributed by atoms with E-state index in [9.17, 15) is 26.3 Å². The van der Waals surface area contributed by atoms with Crippen molar-refractivity contribution < 1.29 is 31.1 Å². The van der Waals surface area contributed by atoms with Crippen LogP contribution >= 0.6 is 11.8 Å². The molecule has 4 rings (SSSR count). The van der Waals surface area contributed by atoms with Crippen LogP contribution in [0.15, 0.2) is 59.5 Å². The normalized spacial score (nSPS) is 14.1. The molecule has 1 heterocycles. The number of nitrogens with one attached hydrogen (secondary N) is 2. The quantitative estimate of drug-likeness (QED) is 0.278. The molecule has 12 heteroatoms. The second kappa shape index (κ2) is 9.00. The van der Waals surface area contributed by atoms with Gasteiger partial charge in [-0.25, -0.2) is 4.98 Å². The molecule has 2 aromatic carbocycles. The molecule has 0 atom stereocenters. The maximum atomic E-state index is 12.7. The van der Waals surface area contributed by atoms with Gasteiger partial charge in [0.2, 0.25) is 5.95 Å². The molecule has 1 aliphatic carbocycles. The van der Waals surface area contributed by atoms with Gasteiger partial charge < -0.3 is 15.4 Å². The van der Waals surface area contributed by atoms with Gasteiger partial charge in [0.1, 0.15) is 11.6 Å². The van der Waals surface area contributed by atoms with E-state index in [4.69, 9.17) is 0 Å².